The van der Waals surface area contributed by atoms with Crippen molar-refractivity contribution in [2.75, 3.05) is 20.8 Å². The van der Waals surface area contributed by atoms with Crippen LogP contribution >= 0.6 is 0 Å². The number of aryl methyl sites for hydroxylation is 2. The number of carboxylic acid groups (broad SMARTS) is 1. The van der Waals surface area contributed by atoms with Crippen molar-refractivity contribution in [3.05, 3.63) is 41.2 Å². The summed E-state index contributed by atoms with van der Waals surface area (Å²) in [5.41, 5.74) is 2.44. The zero-order valence-corrected chi connectivity index (χ0v) is 17.7. The highest BCUT2D eigenvalue weighted by molar-refractivity contribution is 5.86. The summed E-state index contributed by atoms with van der Waals surface area (Å²) < 4.78 is 17.8. The van der Waals surface area contributed by atoms with E-state index in [1.165, 1.54) is 7.11 Å². The first-order valence-corrected chi connectivity index (χ1v) is 9.32. The number of nitrogens with one attached hydrogen (secondary N) is 2. The lowest BCUT2D eigenvalue weighted by atomic mass is 9.98. The van der Waals surface area contributed by atoms with Crippen LogP contribution in [0.5, 0.6) is 11.5 Å². The molecule has 1 saturated heterocycles. The van der Waals surface area contributed by atoms with Gasteiger partial charge in [-0.3, -0.25) is 19.1 Å². The molecule has 2 amide bonds. The van der Waals surface area contributed by atoms with E-state index in [1.54, 1.807) is 30.0 Å². The van der Waals surface area contributed by atoms with Crippen LogP contribution in [-0.4, -0.2) is 60.1 Å². The fraction of sp³-hybridized carbons (Fsp3) is 0.400. The molecular weight excluding hydrogens is 408 g/mol. The summed E-state index contributed by atoms with van der Waals surface area (Å²) in [6, 6.07) is 4.58. The third-order valence-electron chi connectivity index (χ3n) is 4.61. The number of benzene rings is 1. The number of carbonyl (C=O) groups excluding carboxylic acids is 2. The van der Waals surface area contributed by atoms with Crippen molar-refractivity contribution >= 4 is 18.3 Å². The molecule has 2 heterocycles. The van der Waals surface area contributed by atoms with Crippen molar-refractivity contribution in [1.82, 2.24) is 20.4 Å². The second-order valence-electron chi connectivity index (χ2n) is 6.63. The molecule has 0 unspecified atom stereocenters. The maximum absolute atomic E-state index is 12.8. The topological polar surface area (TPSA) is 141 Å². The predicted molar refractivity (Wildman–Crippen MR) is 109 cm³/mol. The van der Waals surface area contributed by atoms with Crippen LogP contribution in [-0.2, 0) is 32.7 Å². The molecule has 0 bridgehead atoms. The van der Waals surface area contributed by atoms with E-state index in [2.05, 4.69) is 15.7 Å². The van der Waals surface area contributed by atoms with Gasteiger partial charge in [0.1, 0.15) is 6.61 Å². The van der Waals surface area contributed by atoms with Gasteiger partial charge in [0, 0.05) is 25.4 Å². The second kappa shape index (κ2) is 11.0. The largest absolute Gasteiger partial charge is 0.493 e. The highest BCUT2D eigenvalue weighted by Gasteiger charge is 2.36. The number of hydrogen-bond acceptors (Lipinski definition) is 7. The molecule has 0 radical (unpaired) electrons. The van der Waals surface area contributed by atoms with E-state index in [4.69, 9.17) is 24.1 Å². The number of amides is 2. The van der Waals surface area contributed by atoms with Crippen molar-refractivity contribution in [3.63, 3.8) is 0 Å². The predicted octanol–water partition coefficient (Wildman–Crippen LogP) is 0.319. The van der Waals surface area contributed by atoms with Crippen molar-refractivity contribution < 1.29 is 33.7 Å². The molecule has 0 aliphatic carbocycles. The number of ether oxygens (including phenoxy) is 3. The Hall–Kier alpha value is -3.60. The lowest BCUT2D eigenvalue weighted by Crippen LogP contribution is -2.52. The van der Waals surface area contributed by atoms with Gasteiger partial charge in [-0.2, -0.15) is 5.10 Å². The zero-order chi connectivity index (χ0) is 23.0. The first-order chi connectivity index (χ1) is 14.8. The van der Waals surface area contributed by atoms with E-state index in [0.29, 0.717) is 23.6 Å². The maximum atomic E-state index is 12.8. The minimum absolute atomic E-state index is 0.173. The first-order valence-electron chi connectivity index (χ1n) is 9.32. The van der Waals surface area contributed by atoms with Gasteiger partial charge < -0.3 is 30.0 Å². The average molecular weight is 434 g/mol. The van der Waals surface area contributed by atoms with E-state index < -0.39 is 12.1 Å². The molecule has 1 aromatic heterocycles. The van der Waals surface area contributed by atoms with Gasteiger partial charge in [0.05, 0.1) is 26.0 Å². The van der Waals surface area contributed by atoms with Crippen LogP contribution in [0.4, 0.5) is 0 Å². The molecular formula is C20H26N4O7. The van der Waals surface area contributed by atoms with Crippen molar-refractivity contribution in [1.29, 1.82) is 0 Å². The Balaban J connectivity index is 0.00000107. The van der Waals surface area contributed by atoms with Gasteiger partial charge in [-0.15, -0.1) is 0 Å². The SMILES string of the molecule is COc1ccc([C@H]2NC(=O)CO[C@@H]2C(=O)NCc2cn(C)nc2C)cc1OC.O=CO. The van der Waals surface area contributed by atoms with E-state index in [1.807, 2.05) is 20.2 Å². The molecule has 3 rings (SSSR count). The molecule has 168 valence electrons. The maximum Gasteiger partial charge on any atom is 0.290 e. The third kappa shape index (κ3) is 5.95. The quantitative estimate of drug-likeness (QED) is 0.552. The minimum atomic E-state index is -0.868. The number of rotatable bonds is 6. The Kier molecular flexibility index (Phi) is 8.38. The summed E-state index contributed by atoms with van der Waals surface area (Å²) in [6.07, 6.45) is 0.984. The Labute approximate surface area is 179 Å². The zero-order valence-electron chi connectivity index (χ0n) is 17.7. The monoisotopic (exact) mass is 434 g/mol. The van der Waals surface area contributed by atoms with Gasteiger partial charge in [-0.1, -0.05) is 6.07 Å². The molecule has 1 fully saturated rings. The average Bonchev–Trinajstić information content (AvgIpc) is 3.08. The van der Waals surface area contributed by atoms with E-state index in [9.17, 15) is 9.59 Å². The van der Waals surface area contributed by atoms with Crippen molar-refractivity contribution in [2.45, 2.75) is 25.6 Å². The Bertz CT molecular complexity index is 928. The van der Waals surface area contributed by atoms with Gasteiger partial charge in [-0.05, 0) is 24.6 Å². The smallest absolute Gasteiger partial charge is 0.290 e. The van der Waals surface area contributed by atoms with Crippen LogP contribution < -0.4 is 20.1 Å². The molecule has 0 saturated carbocycles. The van der Waals surface area contributed by atoms with Crippen LogP contribution in [0, 0.1) is 6.92 Å². The highest BCUT2D eigenvalue weighted by Crippen LogP contribution is 2.32. The molecule has 2 atom stereocenters. The van der Waals surface area contributed by atoms with E-state index >= 15 is 0 Å². The molecule has 1 aliphatic rings. The number of nitrogens with zero attached hydrogens (tertiary/aromatic N) is 2. The summed E-state index contributed by atoms with van der Waals surface area (Å²) in [6.45, 7) is 1.78. The van der Waals surface area contributed by atoms with Gasteiger partial charge >= 0.3 is 0 Å². The highest BCUT2D eigenvalue weighted by atomic mass is 16.5. The number of carbonyl (C=O) groups is 3. The standard InChI is InChI=1S/C19H24N4O5.CH2O2/c1-11-13(9-23(2)22-11)8-20-19(25)18-17(21-16(24)10-28-18)12-5-6-14(26-3)15(7-12)27-4;2-1-3/h5-7,9,17-18H,8,10H2,1-4H3,(H,20,25)(H,21,24);1H,(H,2,3)/t17-,18+;/m1./s1. The summed E-state index contributed by atoms with van der Waals surface area (Å²) in [5.74, 6) is 0.460. The van der Waals surface area contributed by atoms with E-state index in [-0.39, 0.29) is 24.9 Å². The molecule has 0 spiro atoms. The van der Waals surface area contributed by atoms with Crippen LogP contribution in [0.3, 0.4) is 0 Å². The number of aromatic nitrogens is 2. The third-order valence-corrected chi connectivity index (χ3v) is 4.61. The molecule has 31 heavy (non-hydrogen) atoms. The van der Waals surface area contributed by atoms with Gasteiger partial charge in [0.15, 0.2) is 17.6 Å². The summed E-state index contributed by atoms with van der Waals surface area (Å²) >= 11 is 0. The molecule has 11 heteroatoms. The van der Waals surface area contributed by atoms with Crippen LogP contribution in [0.15, 0.2) is 24.4 Å². The normalized spacial score (nSPS) is 17.6. The van der Waals surface area contributed by atoms with Crippen LogP contribution in [0.1, 0.15) is 22.9 Å². The fourth-order valence-corrected chi connectivity index (χ4v) is 3.19. The summed E-state index contributed by atoms with van der Waals surface area (Å²) in [7, 11) is 4.89. The van der Waals surface area contributed by atoms with Gasteiger partial charge in [0.25, 0.3) is 12.4 Å². The number of morpholine rings is 1. The lowest BCUT2D eigenvalue weighted by Gasteiger charge is -2.32. The first kappa shape index (κ1) is 23.7. The lowest BCUT2D eigenvalue weighted by molar-refractivity contribution is -0.148. The molecule has 1 aromatic carbocycles. The fourth-order valence-electron chi connectivity index (χ4n) is 3.19. The molecule has 2 aromatic rings. The Morgan fingerprint density at radius 2 is 2.06 bits per heavy atom. The van der Waals surface area contributed by atoms with Gasteiger partial charge in [-0.25, -0.2) is 0 Å². The van der Waals surface area contributed by atoms with Crippen LogP contribution in [0.2, 0.25) is 0 Å². The molecule has 3 N–H and O–H groups in total. The summed E-state index contributed by atoms with van der Waals surface area (Å²) in [4.78, 5) is 33.0. The van der Waals surface area contributed by atoms with Crippen molar-refractivity contribution in [2.24, 2.45) is 7.05 Å². The molecule has 11 nitrogen and oxygen atoms in total. The van der Waals surface area contributed by atoms with Gasteiger partial charge in [0.2, 0.25) is 5.91 Å². The number of hydrogen-bond donors (Lipinski definition) is 3. The van der Waals surface area contributed by atoms with Crippen molar-refractivity contribution in [3.8, 4) is 11.5 Å². The second-order valence-corrected chi connectivity index (χ2v) is 6.63. The Morgan fingerprint density at radius 3 is 2.65 bits per heavy atom. The Morgan fingerprint density at radius 1 is 1.39 bits per heavy atom. The number of methoxy groups -OCH3 is 2. The van der Waals surface area contributed by atoms with E-state index in [0.717, 1.165) is 11.3 Å². The molecule has 1 aliphatic heterocycles. The van der Waals surface area contributed by atoms with Crippen LogP contribution in [0.25, 0.3) is 0 Å². The minimum Gasteiger partial charge on any atom is -0.493 e. The summed E-state index contributed by atoms with van der Waals surface area (Å²) in [5, 5.41) is 16.8.